The van der Waals surface area contributed by atoms with Gasteiger partial charge in [0.1, 0.15) is 5.82 Å². The fourth-order valence-corrected chi connectivity index (χ4v) is 3.46. The number of imidazole rings is 1. The number of aryl methyl sites for hydroxylation is 2. The Bertz CT molecular complexity index is 824. The Morgan fingerprint density at radius 2 is 2.04 bits per heavy atom. The minimum absolute atomic E-state index is 0.0528. The molecule has 0 aliphatic heterocycles. The number of para-hydroxylation sites is 2. The number of carbonyl (C=O) groups excluding carboxylic acids is 1. The highest BCUT2D eigenvalue weighted by molar-refractivity contribution is 8.00. The number of H-pyrrole nitrogens is 1. The molecule has 24 heavy (non-hydrogen) atoms. The molecule has 0 saturated heterocycles. The molecule has 0 fully saturated rings. The van der Waals surface area contributed by atoms with E-state index in [-0.39, 0.29) is 5.91 Å². The first kappa shape index (κ1) is 16.6. The zero-order valence-electron chi connectivity index (χ0n) is 13.9. The molecule has 3 rings (SSSR count). The van der Waals surface area contributed by atoms with E-state index in [0.717, 1.165) is 16.9 Å². The van der Waals surface area contributed by atoms with Crippen LogP contribution < -0.4 is 5.32 Å². The lowest BCUT2D eigenvalue weighted by atomic mass is 10.2. The quantitative estimate of drug-likeness (QED) is 0.674. The molecule has 124 valence electrons. The van der Waals surface area contributed by atoms with Crippen molar-refractivity contribution in [1.82, 2.24) is 15.3 Å². The monoisotopic (exact) mass is 339 g/mol. The summed E-state index contributed by atoms with van der Waals surface area (Å²) in [5.41, 5.74) is 4.42. The van der Waals surface area contributed by atoms with Crippen molar-refractivity contribution in [1.29, 1.82) is 0 Å². The van der Waals surface area contributed by atoms with Crippen LogP contribution in [0.25, 0.3) is 11.0 Å². The first-order chi connectivity index (χ1) is 11.6. The lowest BCUT2D eigenvalue weighted by Crippen LogP contribution is -2.27. The third-order valence-corrected chi connectivity index (χ3v) is 4.98. The average Bonchev–Trinajstić information content (AvgIpc) is 2.98. The molecular formula is C19H21N3OS. The number of thioether (sulfide) groups is 1. The van der Waals surface area contributed by atoms with Gasteiger partial charge < -0.3 is 10.3 Å². The van der Waals surface area contributed by atoms with Crippen molar-refractivity contribution in [3.8, 4) is 0 Å². The van der Waals surface area contributed by atoms with Crippen molar-refractivity contribution in [3.63, 3.8) is 0 Å². The van der Waals surface area contributed by atoms with Gasteiger partial charge in [-0.15, -0.1) is 11.8 Å². The summed E-state index contributed by atoms with van der Waals surface area (Å²) in [6.45, 7) is 4.73. The van der Waals surface area contributed by atoms with Crippen LogP contribution in [0.4, 0.5) is 0 Å². The second-order valence-electron chi connectivity index (χ2n) is 5.86. The predicted octanol–water partition coefficient (Wildman–Crippen LogP) is 3.63. The molecule has 0 spiro atoms. The van der Waals surface area contributed by atoms with E-state index in [1.54, 1.807) is 11.8 Å². The van der Waals surface area contributed by atoms with Crippen LogP contribution in [-0.2, 0) is 11.2 Å². The number of rotatable bonds is 6. The largest absolute Gasteiger partial charge is 0.355 e. The number of aromatic amines is 1. The van der Waals surface area contributed by atoms with E-state index < -0.39 is 0 Å². The van der Waals surface area contributed by atoms with E-state index in [1.807, 2.05) is 24.3 Å². The Labute approximate surface area is 146 Å². The number of nitrogens with zero attached hydrogens (tertiary/aromatic N) is 1. The second kappa shape index (κ2) is 7.53. The van der Waals surface area contributed by atoms with Crippen molar-refractivity contribution in [3.05, 3.63) is 59.4 Å². The molecular weight excluding hydrogens is 318 g/mol. The van der Waals surface area contributed by atoms with Crippen molar-refractivity contribution < 1.29 is 4.79 Å². The Morgan fingerprint density at radius 1 is 1.21 bits per heavy atom. The van der Waals surface area contributed by atoms with Crippen molar-refractivity contribution in [2.24, 2.45) is 0 Å². The SMILES string of the molecule is Cc1ccc(C)c(SCC(=O)NCCc2nc3ccccc3[nH]2)c1. The Morgan fingerprint density at radius 3 is 2.88 bits per heavy atom. The molecule has 2 aromatic carbocycles. The van der Waals surface area contributed by atoms with E-state index in [1.165, 1.54) is 16.0 Å². The maximum Gasteiger partial charge on any atom is 0.230 e. The van der Waals surface area contributed by atoms with Gasteiger partial charge in [0.2, 0.25) is 5.91 Å². The molecule has 1 heterocycles. The summed E-state index contributed by atoms with van der Waals surface area (Å²) in [5.74, 6) is 1.39. The van der Waals surface area contributed by atoms with E-state index in [4.69, 9.17) is 0 Å². The molecule has 0 aliphatic rings. The lowest BCUT2D eigenvalue weighted by molar-refractivity contribution is -0.118. The van der Waals surface area contributed by atoms with Crippen molar-refractivity contribution in [2.75, 3.05) is 12.3 Å². The highest BCUT2D eigenvalue weighted by Crippen LogP contribution is 2.23. The van der Waals surface area contributed by atoms with Crippen molar-refractivity contribution >= 4 is 28.7 Å². The van der Waals surface area contributed by atoms with E-state index in [0.29, 0.717) is 18.7 Å². The smallest absolute Gasteiger partial charge is 0.230 e. The summed E-state index contributed by atoms with van der Waals surface area (Å²) in [7, 11) is 0. The van der Waals surface area contributed by atoms with Gasteiger partial charge in [-0.2, -0.15) is 0 Å². The number of benzene rings is 2. The number of carbonyl (C=O) groups is 1. The van der Waals surface area contributed by atoms with Crippen LogP contribution >= 0.6 is 11.8 Å². The summed E-state index contributed by atoms with van der Waals surface area (Å²) >= 11 is 1.58. The number of nitrogens with one attached hydrogen (secondary N) is 2. The maximum absolute atomic E-state index is 12.0. The third-order valence-electron chi connectivity index (χ3n) is 3.82. The van der Waals surface area contributed by atoms with Crippen LogP contribution in [0.5, 0.6) is 0 Å². The average molecular weight is 339 g/mol. The number of fused-ring (bicyclic) bond motifs is 1. The van der Waals surface area contributed by atoms with Gasteiger partial charge in [-0.3, -0.25) is 4.79 Å². The van der Waals surface area contributed by atoms with Gasteiger partial charge in [-0.05, 0) is 37.6 Å². The second-order valence-corrected chi connectivity index (χ2v) is 6.88. The Hall–Kier alpha value is -2.27. The molecule has 0 unspecified atom stereocenters. The standard InChI is InChI=1S/C19H21N3OS/c1-13-7-8-14(2)17(11-13)24-12-19(23)20-10-9-18-21-15-5-3-4-6-16(15)22-18/h3-8,11H,9-10,12H2,1-2H3,(H,20,23)(H,21,22). The van der Waals surface area contributed by atoms with Crippen LogP contribution in [0.15, 0.2) is 47.4 Å². The topological polar surface area (TPSA) is 57.8 Å². The molecule has 0 aliphatic carbocycles. The van der Waals surface area contributed by atoms with Crippen LogP contribution in [0.3, 0.4) is 0 Å². The van der Waals surface area contributed by atoms with Gasteiger partial charge in [0.25, 0.3) is 0 Å². The molecule has 1 amide bonds. The van der Waals surface area contributed by atoms with Gasteiger partial charge in [0, 0.05) is 17.9 Å². The van der Waals surface area contributed by atoms with E-state index >= 15 is 0 Å². The van der Waals surface area contributed by atoms with Crippen LogP contribution in [0.1, 0.15) is 17.0 Å². The zero-order chi connectivity index (χ0) is 16.9. The van der Waals surface area contributed by atoms with Crippen molar-refractivity contribution in [2.45, 2.75) is 25.2 Å². The fraction of sp³-hybridized carbons (Fsp3) is 0.263. The molecule has 0 radical (unpaired) electrons. The predicted molar refractivity (Wildman–Crippen MR) is 99.4 cm³/mol. The van der Waals surface area contributed by atoms with Gasteiger partial charge in [0.05, 0.1) is 16.8 Å². The van der Waals surface area contributed by atoms with E-state index in [2.05, 4.69) is 47.3 Å². The fourth-order valence-electron chi connectivity index (χ4n) is 2.50. The molecule has 2 N–H and O–H groups in total. The third kappa shape index (κ3) is 4.17. The number of hydrogen-bond acceptors (Lipinski definition) is 3. The van der Waals surface area contributed by atoms with Crippen LogP contribution in [0.2, 0.25) is 0 Å². The number of amides is 1. The molecule has 0 bridgehead atoms. The van der Waals surface area contributed by atoms with Gasteiger partial charge >= 0.3 is 0 Å². The first-order valence-electron chi connectivity index (χ1n) is 8.02. The minimum Gasteiger partial charge on any atom is -0.355 e. The molecule has 0 atom stereocenters. The first-order valence-corrected chi connectivity index (χ1v) is 9.01. The van der Waals surface area contributed by atoms with Gasteiger partial charge in [-0.1, -0.05) is 29.8 Å². The molecule has 3 aromatic rings. The van der Waals surface area contributed by atoms with Gasteiger partial charge in [0.15, 0.2) is 0 Å². The maximum atomic E-state index is 12.0. The Kier molecular flexibility index (Phi) is 5.20. The van der Waals surface area contributed by atoms with Crippen LogP contribution in [0, 0.1) is 13.8 Å². The molecule has 4 nitrogen and oxygen atoms in total. The summed E-state index contributed by atoms with van der Waals surface area (Å²) in [6, 6.07) is 14.3. The molecule has 1 aromatic heterocycles. The molecule has 5 heteroatoms. The number of hydrogen-bond donors (Lipinski definition) is 2. The highest BCUT2D eigenvalue weighted by atomic mass is 32.2. The zero-order valence-corrected chi connectivity index (χ0v) is 14.7. The summed E-state index contributed by atoms with van der Waals surface area (Å²) < 4.78 is 0. The lowest BCUT2D eigenvalue weighted by Gasteiger charge is -2.07. The Balaban J connectivity index is 1.46. The van der Waals surface area contributed by atoms with Gasteiger partial charge in [-0.25, -0.2) is 4.98 Å². The summed E-state index contributed by atoms with van der Waals surface area (Å²) in [4.78, 5) is 21.0. The number of aromatic nitrogens is 2. The highest BCUT2D eigenvalue weighted by Gasteiger charge is 2.06. The minimum atomic E-state index is 0.0528. The summed E-state index contributed by atoms with van der Waals surface area (Å²) in [6.07, 6.45) is 0.703. The summed E-state index contributed by atoms with van der Waals surface area (Å²) in [5, 5.41) is 2.96. The van der Waals surface area contributed by atoms with E-state index in [9.17, 15) is 4.79 Å². The van der Waals surface area contributed by atoms with Crippen LogP contribution in [-0.4, -0.2) is 28.2 Å². The molecule has 0 saturated carbocycles. The normalized spacial score (nSPS) is 10.9.